The number of rotatable bonds is 14. The number of pyridine rings is 1. The fourth-order valence-corrected chi connectivity index (χ4v) is 9.11. The number of ether oxygens (including phenoxy) is 2. The van der Waals surface area contributed by atoms with Gasteiger partial charge in [0.05, 0.1) is 54.9 Å². The number of amides is 4. The maximum absolute atomic E-state index is 14.0. The lowest BCUT2D eigenvalue weighted by atomic mass is 9.93. The number of alkyl carbamates (subject to hydrolysis) is 2. The lowest BCUT2D eigenvalue weighted by Gasteiger charge is -2.31. The van der Waals surface area contributed by atoms with Crippen LogP contribution in [0.3, 0.4) is 0 Å². The van der Waals surface area contributed by atoms with Gasteiger partial charge in [-0.05, 0) is 67.2 Å². The third kappa shape index (κ3) is 8.52. The Balaban J connectivity index is 1.07. The maximum Gasteiger partial charge on any atom is 0.407 e. The predicted octanol–water partition coefficient (Wildman–Crippen LogP) is 7.82. The van der Waals surface area contributed by atoms with Gasteiger partial charge in [-0.1, -0.05) is 71.6 Å². The summed E-state index contributed by atoms with van der Waals surface area (Å²) >= 11 is 0. The molecule has 0 spiro atoms. The molecule has 2 aromatic carbocycles. The monoisotopic (exact) mass is 819 g/mol. The fraction of sp³-hybridized carbons (Fsp3) is 0.489. The molecule has 60 heavy (non-hydrogen) atoms. The lowest BCUT2D eigenvalue weighted by molar-refractivity contribution is -0.136. The van der Waals surface area contributed by atoms with Crippen LogP contribution >= 0.6 is 0 Å². The van der Waals surface area contributed by atoms with Crippen LogP contribution in [0.25, 0.3) is 44.3 Å². The van der Waals surface area contributed by atoms with Crippen LogP contribution in [0.2, 0.25) is 0 Å². The number of benzene rings is 2. The second-order valence-corrected chi connectivity index (χ2v) is 15.9. The number of fused-ring (bicyclic) bond motifs is 2. The molecule has 4 unspecified atom stereocenters. The smallest absolute Gasteiger partial charge is 0.407 e. The largest absolute Gasteiger partial charge is 0.453 e. The first-order valence-corrected chi connectivity index (χ1v) is 21.4. The van der Waals surface area contributed by atoms with Gasteiger partial charge in [-0.2, -0.15) is 0 Å². The minimum absolute atomic E-state index is 0.0120. The van der Waals surface area contributed by atoms with E-state index in [1.54, 1.807) is 0 Å². The first kappa shape index (κ1) is 42.1. The number of hydrogen-bond acceptors (Lipinski definition) is 9. The van der Waals surface area contributed by atoms with Gasteiger partial charge in [0.15, 0.2) is 0 Å². The molecule has 7 rings (SSSR count). The van der Waals surface area contributed by atoms with Crippen LogP contribution in [0, 0.1) is 11.8 Å². The molecule has 15 nitrogen and oxygen atoms in total. The zero-order chi connectivity index (χ0) is 42.5. The molecule has 5 aromatic rings. The molecular formula is C45H57N9O6. The standard InChI is InChI=1S/C45H57N9O6/c1-7-26(8-2)38(51-44(57)59-5)42(55)53-19-11-13-36(53)40-47-25-35(50-40)29-16-15-28-22-33(46-24-31(28)21-29)30-17-18-32-34(23-30)49-41(48-32)37-14-12-20-54(37)43(56)39(27(9-3)10-4)52-45(58)60-6/h15-18,21-27,36-39H,7-14,19-20H2,1-6H3,(H,47,50)(H,48,49)(H,51,57)(H,52,58). The Morgan fingerprint density at radius 3 is 1.87 bits per heavy atom. The summed E-state index contributed by atoms with van der Waals surface area (Å²) in [5.74, 6) is 1.19. The van der Waals surface area contributed by atoms with Crippen LogP contribution in [0.5, 0.6) is 0 Å². The Hall–Kier alpha value is -5.99. The molecule has 4 N–H and O–H groups in total. The first-order valence-electron chi connectivity index (χ1n) is 21.4. The number of imidazole rings is 2. The van der Waals surface area contributed by atoms with E-state index in [0.717, 1.165) is 107 Å². The SMILES string of the molecule is CCC(CC)C(NC(=O)OC)C(=O)N1CCCC1c1ncc(-c2ccc3cc(-c4ccc5nc(C6CCCN6C(=O)C(NC(=O)OC)C(CC)CC)[nH]c5c4)ncc3c2)[nH]1. The summed E-state index contributed by atoms with van der Waals surface area (Å²) < 4.78 is 9.72. The van der Waals surface area contributed by atoms with Crippen molar-refractivity contribution in [2.24, 2.45) is 11.8 Å². The highest BCUT2D eigenvalue weighted by Crippen LogP contribution is 2.36. The minimum Gasteiger partial charge on any atom is -0.453 e. The molecule has 318 valence electrons. The molecule has 0 saturated carbocycles. The van der Waals surface area contributed by atoms with E-state index in [-0.39, 0.29) is 35.7 Å². The number of methoxy groups -OCH3 is 2. The van der Waals surface area contributed by atoms with Crippen LogP contribution < -0.4 is 10.6 Å². The lowest BCUT2D eigenvalue weighted by Crippen LogP contribution is -2.52. The number of hydrogen-bond donors (Lipinski definition) is 4. The molecule has 2 saturated heterocycles. The summed E-state index contributed by atoms with van der Waals surface area (Å²) in [4.78, 5) is 77.5. The van der Waals surface area contributed by atoms with Crippen molar-refractivity contribution in [3.05, 3.63) is 66.5 Å². The summed E-state index contributed by atoms with van der Waals surface area (Å²) in [6.07, 6.45) is 8.70. The van der Waals surface area contributed by atoms with E-state index in [2.05, 4.69) is 44.9 Å². The first-order chi connectivity index (χ1) is 29.1. The van der Waals surface area contributed by atoms with Crippen molar-refractivity contribution in [1.82, 2.24) is 45.4 Å². The highest BCUT2D eigenvalue weighted by Gasteiger charge is 2.40. The molecular weight excluding hydrogens is 763 g/mol. The number of aromatic nitrogens is 5. The molecule has 0 aliphatic carbocycles. The number of nitrogens with zero attached hydrogens (tertiary/aromatic N) is 5. The molecule has 4 atom stereocenters. The van der Waals surface area contributed by atoms with Gasteiger partial charge in [0.25, 0.3) is 0 Å². The zero-order valence-corrected chi connectivity index (χ0v) is 35.4. The summed E-state index contributed by atoms with van der Waals surface area (Å²) in [5, 5.41) is 7.60. The Bertz CT molecular complexity index is 2330. The summed E-state index contributed by atoms with van der Waals surface area (Å²) in [6, 6.07) is 12.5. The number of likely N-dealkylation sites (tertiary alicyclic amines) is 2. The van der Waals surface area contributed by atoms with Crippen molar-refractivity contribution in [1.29, 1.82) is 0 Å². The molecule has 5 heterocycles. The molecule has 2 aliphatic heterocycles. The summed E-state index contributed by atoms with van der Waals surface area (Å²) in [7, 11) is 2.62. The van der Waals surface area contributed by atoms with Gasteiger partial charge in [-0.25, -0.2) is 19.6 Å². The zero-order valence-electron chi connectivity index (χ0n) is 35.4. The van der Waals surface area contributed by atoms with Gasteiger partial charge in [-0.15, -0.1) is 0 Å². The molecule has 2 aliphatic rings. The van der Waals surface area contributed by atoms with E-state index in [4.69, 9.17) is 24.4 Å². The highest BCUT2D eigenvalue weighted by molar-refractivity contribution is 5.91. The van der Waals surface area contributed by atoms with E-state index in [1.165, 1.54) is 14.2 Å². The fourth-order valence-electron chi connectivity index (χ4n) is 9.11. The Morgan fingerprint density at radius 2 is 1.28 bits per heavy atom. The van der Waals surface area contributed by atoms with Gasteiger partial charge in [0.1, 0.15) is 23.7 Å². The second-order valence-electron chi connectivity index (χ2n) is 15.9. The molecule has 4 amide bonds. The predicted molar refractivity (Wildman–Crippen MR) is 229 cm³/mol. The average Bonchev–Trinajstić information content (AvgIpc) is 4.12. The molecule has 15 heteroatoms. The summed E-state index contributed by atoms with van der Waals surface area (Å²) in [6.45, 7) is 9.29. The minimum atomic E-state index is -0.673. The van der Waals surface area contributed by atoms with Crippen LogP contribution in [0.4, 0.5) is 9.59 Å². The number of aromatic amines is 2. The summed E-state index contributed by atoms with van der Waals surface area (Å²) in [5.41, 5.74) is 5.19. The Morgan fingerprint density at radius 1 is 0.700 bits per heavy atom. The topological polar surface area (TPSA) is 188 Å². The van der Waals surface area contributed by atoms with Gasteiger partial charge in [0.2, 0.25) is 11.8 Å². The van der Waals surface area contributed by atoms with Crippen LogP contribution in [-0.2, 0) is 19.1 Å². The van der Waals surface area contributed by atoms with Crippen molar-refractivity contribution < 1.29 is 28.7 Å². The number of H-pyrrole nitrogens is 2. The molecule has 3 aromatic heterocycles. The normalized spacial score (nSPS) is 17.7. The number of carbonyl (C=O) groups excluding carboxylic acids is 4. The van der Waals surface area contributed by atoms with E-state index < -0.39 is 24.3 Å². The Labute approximate surface area is 350 Å². The van der Waals surface area contributed by atoms with Gasteiger partial charge < -0.3 is 39.9 Å². The van der Waals surface area contributed by atoms with Crippen molar-refractivity contribution in [2.75, 3.05) is 27.3 Å². The van der Waals surface area contributed by atoms with Crippen molar-refractivity contribution in [2.45, 2.75) is 103 Å². The van der Waals surface area contributed by atoms with E-state index in [1.807, 2.05) is 68.1 Å². The van der Waals surface area contributed by atoms with Crippen LogP contribution in [0.15, 0.2) is 54.9 Å². The van der Waals surface area contributed by atoms with Crippen LogP contribution in [0.1, 0.15) is 103 Å². The van der Waals surface area contributed by atoms with Crippen molar-refractivity contribution in [3.63, 3.8) is 0 Å². The highest BCUT2D eigenvalue weighted by atomic mass is 16.5. The van der Waals surface area contributed by atoms with Gasteiger partial charge in [0, 0.05) is 35.8 Å². The van der Waals surface area contributed by atoms with E-state index >= 15 is 0 Å². The quantitative estimate of drug-likeness (QED) is 0.0867. The van der Waals surface area contributed by atoms with Crippen molar-refractivity contribution in [3.8, 4) is 22.5 Å². The van der Waals surface area contributed by atoms with Gasteiger partial charge in [-0.3, -0.25) is 14.6 Å². The molecule has 0 radical (unpaired) electrons. The third-order valence-electron chi connectivity index (χ3n) is 12.6. The molecule has 2 fully saturated rings. The van der Waals surface area contributed by atoms with E-state index in [9.17, 15) is 19.2 Å². The maximum atomic E-state index is 14.0. The van der Waals surface area contributed by atoms with Crippen molar-refractivity contribution >= 4 is 45.8 Å². The van der Waals surface area contributed by atoms with Crippen LogP contribution in [-0.4, -0.2) is 98.1 Å². The number of carbonyl (C=O) groups is 4. The molecule has 0 bridgehead atoms. The van der Waals surface area contributed by atoms with E-state index in [0.29, 0.717) is 13.1 Å². The Kier molecular flexibility index (Phi) is 13.0. The second kappa shape index (κ2) is 18.5. The van der Waals surface area contributed by atoms with Gasteiger partial charge >= 0.3 is 12.2 Å². The number of nitrogens with one attached hydrogen (secondary N) is 4. The average molecular weight is 820 g/mol. The third-order valence-corrected chi connectivity index (χ3v) is 12.6.